The van der Waals surface area contributed by atoms with Gasteiger partial charge in [0.15, 0.2) is 11.5 Å². The third-order valence-corrected chi connectivity index (χ3v) is 4.95. The largest absolute Gasteiger partial charge is 0.493 e. The Kier molecular flexibility index (Phi) is 9.73. The highest BCUT2D eigenvalue weighted by Gasteiger charge is 2.12. The number of hydrogen-bond acceptors (Lipinski definition) is 3. The van der Waals surface area contributed by atoms with Crippen molar-refractivity contribution in [3.05, 3.63) is 93.2 Å². The fourth-order valence-corrected chi connectivity index (χ4v) is 3.28. The minimum atomic E-state index is -0.280. The third kappa shape index (κ3) is 7.06. The molecule has 0 aliphatic carbocycles. The lowest BCUT2D eigenvalue weighted by Crippen LogP contribution is -2.16. The van der Waals surface area contributed by atoms with Crippen LogP contribution in [-0.2, 0) is 19.6 Å². The van der Waals surface area contributed by atoms with Crippen molar-refractivity contribution in [2.45, 2.75) is 19.6 Å². The summed E-state index contributed by atoms with van der Waals surface area (Å²) < 4.78 is 24.3. The summed E-state index contributed by atoms with van der Waals surface area (Å²) in [6.45, 7) is 1.75. The van der Waals surface area contributed by atoms with Crippen LogP contribution in [0.25, 0.3) is 0 Å². The molecule has 160 valence electrons. The highest BCUT2D eigenvalue weighted by atomic mass is 35.5. The van der Waals surface area contributed by atoms with E-state index in [2.05, 4.69) is 5.32 Å². The quantitative estimate of drug-likeness (QED) is 0.363. The first-order valence-electron chi connectivity index (χ1n) is 9.24. The zero-order valence-electron chi connectivity index (χ0n) is 16.5. The summed E-state index contributed by atoms with van der Waals surface area (Å²) in [5.74, 6) is 0.759. The number of methoxy groups -OCH3 is 1. The summed E-state index contributed by atoms with van der Waals surface area (Å²) in [4.78, 5) is 0. The van der Waals surface area contributed by atoms with Crippen molar-refractivity contribution in [3.63, 3.8) is 0 Å². The molecule has 30 heavy (non-hydrogen) atoms. The van der Waals surface area contributed by atoms with Crippen LogP contribution >= 0.6 is 35.6 Å². The second-order valence-corrected chi connectivity index (χ2v) is 7.42. The maximum atomic E-state index is 13.0. The van der Waals surface area contributed by atoms with Crippen LogP contribution in [0.5, 0.6) is 11.5 Å². The van der Waals surface area contributed by atoms with Gasteiger partial charge in [-0.2, -0.15) is 0 Å². The van der Waals surface area contributed by atoms with Crippen molar-refractivity contribution in [3.8, 4) is 11.5 Å². The lowest BCUT2D eigenvalue weighted by atomic mass is 10.1. The van der Waals surface area contributed by atoms with Gasteiger partial charge in [0, 0.05) is 11.6 Å². The predicted molar refractivity (Wildman–Crippen MR) is 123 cm³/mol. The summed E-state index contributed by atoms with van der Waals surface area (Å²) >= 11 is 12.3. The molecule has 3 nitrogen and oxygen atoms in total. The number of benzene rings is 3. The highest BCUT2D eigenvalue weighted by Crippen LogP contribution is 2.37. The molecule has 1 N–H and O–H groups in total. The molecule has 0 unspecified atom stereocenters. The molecule has 0 saturated carbocycles. The van der Waals surface area contributed by atoms with Crippen molar-refractivity contribution < 1.29 is 13.9 Å². The molecule has 0 spiro atoms. The van der Waals surface area contributed by atoms with Gasteiger partial charge < -0.3 is 14.8 Å². The second-order valence-electron chi connectivity index (χ2n) is 6.58. The second kappa shape index (κ2) is 12.0. The van der Waals surface area contributed by atoms with E-state index in [1.54, 1.807) is 19.2 Å². The molecule has 0 radical (unpaired) electrons. The van der Waals surface area contributed by atoms with E-state index in [1.165, 1.54) is 17.7 Å². The molecule has 0 fully saturated rings. The van der Waals surface area contributed by atoms with Crippen molar-refractivity contribution in [2.24, 2.45) is 0 Å². The Morgan fingerprint density at radius 1 is 0.900 bits per heavy atom. The van der Waals surface area contributed by atoms with Gasteiger partial charge in [0.25, 0.3) is 0 Å². The van der Waals surface area contributed by atoms with Crippen molar-refractivity contribution in [2.75, 3.05) is 13.7 Å². The van der Waals surface area contributed by atoms with E-state index in [0.717, 1.165) is 29.1 Å². The third-order valence-electron chi connectivity index (χ3n) is 4.42. The molecule has 3 rings (SSSR count). The smallest absolute Gasteiger partial charge is 0.180 e. The van der Waals surface area contributed by atoms with Gasteiger partial charge in [0.05, 0.1) is 12.1 Å². The first kappa shape index (κ1) is 24.3. The number of rotatable bonds is 9. The average molecular weight is 471 g/mol. The van der Waals surface area contributed by atoms with Gasteiger partial charge in [-0.15, -0.1) is 12.4 Å². The molecule has 0 heterocycles. The van der Waals surface area contributed by atoms with Gasteiger partial charge in [0.1, 0.15) is 12.4 Å². The van der Waals surface area contributed by atoms with E-state index in [-0.39, 0.29) is 24.8 Å². The number of halogens is 4. The van der Waals surface area contributed by atoms with E-state index >= 15 is 0 Å². The predicted octanol–water partition coefficient (Wildman–Crippen LogP) is 6.47. The molecule has 7 heteroatoms. The van der Waals surface area contributed by atoms with E-state index in [9.17, 15) is 4.39 Å². The molecule has 0 aliphatic rings. The van der Waals surface area contributed by atoms with Gasteiger partial charge in [-0.25, -0.2) is 4.39 Å². The first-order chi connectivity index (χ1) is 14.0. The lowest BCUT2D eigenvalue weighted by molar-refractivity contribution is 0.284. The lowest BCUT2D eigenvalue weighted by Gasteiger charge is -2.15. The van der Waals surface area contributed by atoms with Gasteiger partial charge in [-0.05, 0) is 66.1 Å². The molecule has 0 amide bonds. The van der Waals surface area contributed by atoms with E-state index in [0.29, 0.717) is 23.1 Å². The van der Waals surface area contributed by atoms with Gasteiger partial charge >= 0.3 is 0 Å². The molecule has 0 aliphatic heterocycles. The maximum Gasteiger partial charge on any atom is 0.180 e. The molecular weight excluding hydrogens is 448 g/mol. The zero-order valence-corrected chi connectivity index (χ0v) is 18.8. The van der Waals surface area contributed by atoms with Gasteiger partial charge in [-0.1, -0.05) is 47.5 Å². The van der Waals surface area contributed by atoms with Crippen LogP contribution in [0, 0.1) is 5.82 Å². The van der Waals surface area contributed by atoms with E-state index < -0.39 is 0 Å². The van der Waals surface area contributed by atoms with E-state index in [1.807, 2.05) is 36.4 Å². The first-order valence-corrected chi connectivity index (χ1v) is 9.99. The zero-order chi connectivity index (χ0) is 20.6. The van der Waals surface area contributed by atoms with Crippen molar-refractivity contribution >= 4 is 35.6 Å². The molecule has 0 saturated heterocycles. The summed E-state index contributed by atoms with van der Waals surface area (Å²) in [6.07, 6.45) is 0.904. The molecule has 3 aromatic carbocycles. The molecule has 0 aromatic heterocycles. The van der Waals surface area contributed by atoms with Crippen molar-refractivity contribution in [1.29, 1.82) is 0 Å². The van der Waals surface area contributed by atoms with Crippen molar-refractivity contribution in [1.82, 2.24) is 5.32 Å². The Bertz CT molecular complexity index is 934. The summed E-state index contributed by atoms with van der Waals surface area (Å²) in [6, 6.07) is 17.8. The van der Waals surface area contributed by atoms with Crippen LogP contribution in [0.2, 0.25) is 10.0 Å². The fraction of sp³-hybridized carbons (Fsp3) is 0.217. The monoisotopic (exact) mass is 469 g/mol. The summed E-state index contributed by atoms with van der Waals surface area (Å²) in [5, 5.41) is 4.62. The Morgan fingerprint density at radius 3 is 2.23 bits per heavy atom. The standard InChI is InChI=1S/C23H22Cl2FNO2.ClH/c1-28-22-13-18(14-27-11-10-16-2-6-19(24)7-3-16)12-21(25)23(22)29-15-17-4-8-20(26)9-5-17;/h2-9,12-13,27H,10-11,14-15H2,1H3;1H. The summed E-state index contributed by atoms with van der Waals surface area (Å²) in [7, 11) is 1.58. The molecule has 3 aromatic rings. The average Bonchev–Trinajstić information content (AvgIpc) is 2.72. The van der Waals surface area contributed by atoms with Gasteiger partial charge in [0.2, 0.25) is 0 Å². The van der Waals surface area contributed by atoms with Gasteiger partial charge in [-0.3, -0.25) is 0 Å². The highest BCUT2D eigenvalue weighted by molar-refractivity contribution is 6.32. The number of hydrogen-bond donors (Lipinski definition) is 1. The number of nitrogens with one attached hydrogen (secondary N) is 1. The van der Waals surface area contributed by atoms with Crippen LogP contribution in [0.15, 0.2) is 60.7 Å². The van der Waals surface area contributed by atoms with E-state index in [4.69, 9.17) is 32.7 Å². The van der Waals surface area contributed by atoms with Crippen LogP contribution in [0.4, 0.5) is 4.39 Å². The topological polar surface area (TPSA) is 30.5 Å². The minimum absolute atomic E-state index is 0. The Balaban J connectivity index is 0.00000320. The van der Waals surface area contributed by atoms with Crippen LogP contribution in [0.3, 0.4) is 0 Å². The van der Waals surface area contributed by atoms with Crippen LogP contribution in [-0.4, -0.2) is 13.7 Å². The normalized spacial score (nSPS) is 10.4. The Morgan fingerprint density at radius 2 is 1.57 bits per heavy atom. The Hall–Kier alpha value is -1.98. The molecule has 0 bridgehead atoms. The van der Waals surface area contributed by atoms with Crippen LogP contribution < -0.4 is 14.8 Å². The fourth-order valence-electron chi connectivity index (χ4n) is 2.87. The maximum absolute atomic E-state index is 13.0. The summed E-state index contributed by atoms with van der Waals surface area (Å²) in [5.41, 5.74) is 3.07. The SMILES string of the molecule is COc1cc(CNCCc2ccc(Cl)cc2)cc(Cl)c1OCc1ccc(F)cc1.Cl. The molecule has 0 atom stereocenters. The minimum Gasteiger partial charge on any atom is -0.493 e. The number of ether oxygens (including phenoxy) is 2. The van der Waals surface area contributed by atoms with Crippen LogP contribution in [0.1, 0.15) is 16.7 Å². The Labute approximate surface area is 192 Å². The molecular formula is C23H23Cl3FNO2.